The van der Waals surface area contributed by atoms with E-state index in [9.17, 15) is 0 Å². The molecule has 0 amide bonds. The van der Waals surface area contributed by atoms with Crippen molar-refractivity contribution in [3.8, 4) is 0 Å². The predicted octanol–water partition coefficient (Wildman–Crippen LogP) is 3.16. The minimum atomic E-state index is 1.25. The number of hydrogen-bond acceptors (Lipinski definition) is 0. The number of allylic oxidation sites excluding steroid dienone is 3. The van der Waals surface area contributed by atoms with Gasteiger partial charge < -0.3 is 0 Å². The summed E-state index contributed by atoms with van der Waals surface area (Å²) >= 11 is 0. The molecule has 0 heterocycles. The van der Waals surface area contributed by atoms with Gasteiger partial charge in [0.25, 0.3) is 0 Å². The van der Waals surface area contributed by atoms with Gasteiger partial charge in [0.1, 0.15) is 0 Å². The van der Waals surface area contributed by atoms with Crippen LogP contribution in [0.1, 0.15) is 27.2 Å². The minimum absolute atomic E-state index is 1.25. The Balaban J connectivity index is 0. The average molecular weight is 112 g/mol. The van der Waals surface area contributed by atoms with Crippen molar-refractivity contribution in [2.45, 2.75) is 27.2 Å². The monoisotopic (exact) mass is 112 g/mol. The van der Waals surface area contributed by atoms with E-state index in [2.05, 4.69) is 20.4 Å². The lowest BCUT2D eigenvalue weighted by molar-refractivity contribution is 1.09. The lowest BCUT2D eigenvalue weighted by Gasteiger charge is -1.56. The highest BCUT2D eigenvalue weighted by molar-refractivity contribution is 4.94. The van der Waals surface area contributed by atoms with Gasteiger partial charge in [0, 0.05) is 0 Å². The van der Waals surface area contributed by atoms with Crippen LogP contribution in [0.15, 0.2) is 24.8 Å². The quantitative estimate of drug-likeness (QED) is 0.457. The van der Waals surface area contributed by atoms with Crippen molar-refractivity contribution in [2.24, 2.45) is 0 Å². The second-order valence-corrected chi connectivity index (χ2v) is 1.47. The van der Waals surface area contributed by atoms with E-state index in [1.807, 2.05) is 19.1 Å². The minimum Gasteiger partial charge on any atom is -0.0991 e. The average Bonchev–Trinajstić information content (AvgIpc) is 1.71. The third-order valence-electron chi connectivity index (χ3n) is 0.329. The molecule has 0 nitrogen and oxygen atoms in total. The van der Waals surface area contributed by atoms with Gasteiger partial charge in [-0.25, -0.2) is 0 Å². The summed E-state index contributed by atoms with van der Waals surface area (Å²) in [5, 5.41) is 0. The third kappa shape index (κ3) is 50.2. The smallest absolute Gasteiger partial charge is 0.0467 e. The van der Waals surface area contributed by atoms with Gasteiger partial charge in [-0.3, -0.25) is 0 Å². The Hall–Kier alpha value is -0.520. The van der Waals surface area contributed by atoms with Gasteiger partial charge in [0.2, 0.25) is 0 Å². The van der Waals surface area contributed by atoms with E-state index in [1.54, 1.807) is 6.08 Å². The largest absolute Gasteiger partial charge is 0.0991 e. The molecule has 0 aliphatic rings. The van der Waals surface area contributed by atoms with Crippen molar-refractivity contribution in [2.75, 3.05) is 0 Å². The molecule has 0 saturated carbocycles. The Labute approximate surface area is 52.9 Å². The SMILES string of the molecule is C=C/C=C\C.CCC. The zero-order valence-corrected chi connectivity index (χ0v) is 6.15. The van der Waals surface area contributed by atoms with Gasteiger partial charge in [-0.1, -0.05) is 45.1 Å². The molecule has 0 spiro atoms. The maximum atomic E-state index is 3.46. The molecular formula is C8H16. The summed E-state index contributed by atoms with van der Waals surface area (Å²) in [6.45, 7) is 9.67. The van der Waals surface area contributed by atoms with E-state index in [0.29, 0.717) is 0 Å². The molecule has 0 aromatic carbocycles. The van der Waals surface area contributed by atoms with Crippen molar-refractivity contribution >= 4 is 0 Å². The zero-order valence-electron chi connectivity index (χ0n) is 6.15. The summed E-state index contributed by atoms with van der Waals surface area (Å²) in [6.07, 6.45) is 6.83. The van der Waals surface area contributed by atoms with E-state index in [0.717, 1.165) is 0 Å². The first kappa shape index (κ1) is 10.5. The standard InChI is InChI=1S/C5H8.C3H8/c1-3-5-4-2;1-3-2/h3-5H,1H2,2H3;3H2,1-2H3/b5-4-;. The van der Waals surface area contributed by atoms with Crippen LogP contribution >= 0.6 is 0 Å². The summed E-state index contributed by atoms with van der Waals surface area (Å²) in [5.41, 5.74) is 0. The summed E-state index contributed by atoms with van der Waals surface area (Å²) in [5.74, 6) is 0. The summed E-state index contributed by atoms with van der Waals surface area (Å²) < 4.78 is 0. The van der Waals surface area contributed by atoms with Crippen molar-refractivity contribution < 1.29 is 0 Å². The summed E-state index contributed by atoms with van der Waals surface area (Å²) in [4.78, 5) is 0. The molecule has 0 rings (SSSR count). The highest BCUT2D eigenvalue weighted by atomic mass is 13.5. The van der Waals surface area contributed by atoms with Crippen LogP contribution in [-0.4, -0.2) is 0 Å². The van der Waals surface area contributed by atoms with E-state index < -0.39 is 0 Å². The van der Waals surface area contributed by atoms with Crippen LogP contribution in [0.25, 0.3) is 0 Å². The molecule has 0 aliphatic heterocycles. The van der Waals surface area contributed by atoms with Gasteiger partial charge in [0.05, 0.1) is 0 Å². The molecule has 0 N–H and O–H groups in total. The Morgan fingerprint density at radius 3 is 1.75 bits per heavy atom. The summed E-state index contributed by atoms with van der Waals surface area (Å²) in [6, 6.07) is 0. The van der Waals surface area contributed by atoms with Crippen LogP contribution in [-0.2, 0) is 0 Å². The van der Waals surface area contributed by atoms with Gasteiger partial charge in [-0.15, -0.1) is 0 Å². The molecule has 0 aromatic rings. The fourth-order valence-electron chi connectivity index (χ4n) is 0.136. The number of rotatable bonds is 1. The maximum Gasteiger partial charge on any atom is -0.0467 e. The second-order valence-electron chi connectivity index (χ2n) is 1.47. The molecule has 0 fully saturated rings. The normalized spacial score (nSPS) is 7.88. The Bertz CT molecular complexity index is 51.1. The first-order valence-corrected chi connectivity index (χ1v) is 3.07. The lowest BCUT2D eigenvalue weighted by Crippen LogP contribution is -1.33. The highest BCUT2D eigenvalue weighted by Crippen LogP contribution is 1.64. The van der Waals surface area contributed by atoms with Gasteiger partial charge >= 0.3 is 0 Å². The molecule has 0 bridgehead atoms. The fourth-order valence-corrected chi connectivity index (χ4v) is 0.136. The van der Waals surface area contributed by atoms with Crippen molar-refractivity contribution in [1.29, 1.82) is 0 Å². The van der Waals surface area contributed by atoms with Crippen LogP contribution in [0, 0.1) is 0 Å². The van der Waals surface area contributed by atoms with E-state index in [4.69, 9.17) is 0 Å². The van der Waals surface area contributed by atoms with Crippen LogP contribution in [0.3, 0.4) is 0 Å². The fraction of sp³-hybridized carbons (Fsp3) is 0.500. The first-order chi connectivity index (χ1) is 3.83. The van der Waals surface area contributed by atoms with Gasteiger partial charge in [0.15, 0.2) is 0 Å². The number of hydrogen-bond donors (Lipinski definition) is 0. The van der Waals surface area contributed by atoms with Crippen molar-refractivity contribution in [1.82, 2.24) is 0 Å². The van der Waals surface area contributed by atoms with Crippen LogP contribution < -0.4 is 0 Å². The maximum absolute atomic E-state index is 3.46. The Kier molecular flexibility index (Phi) is 21.0. The second kappa shape index (κ2) is 16.1. The molecule has 0 aromatic heterocycles. The highest BCUT2D eigenvalue weighted by Gasteiger charge is 1.42. The third-order valence-corrected chi connectivity index (χ3v) is 0.329. The predicted molar refractivity (Wildman–Crippen MR) is 41.0 cm³/mol. The zero-order chi connectivity index (χ0) is 6.83. The van der Waals surface area contributed by atoms with Crippen molar-refractivity contribution in [3.05, 3.63) is 24.8 Å². The lowest BCUT2D eigenvalue weighted by atomic mass is 10.5. The molecule has 0 unspecified atom stereocenters. The van der Waals surface area contributed by atoms with Gasteiger partial charge in [-0.2, -0.15) is 0 Å². The molecule has 48 valence electrons. The molecule has 0 heteroatoms. The Morgan fingerprint density at radius 1 is 1.38 bits per heavy atom. The summed E-state index contributed by atoms with van der Waals surface area (Å²) in [7, 11) is 0. The van der Waals surface area contributed by atoms with E-state index in [-0.39, 0.29) is 0 Å². The molecule has 0 aliphatic carbocycles. The Morgan fingerprint density at radius 2 is 1.75 bits per heavy atom. The molecular weight excluding hydrogens is 96.1 g/mol. The van der Waals surface area contributed by atoms with Crippen molar-refractivity contribution in [3.63, 3.8) is 0 Å². The molecule has 0 radical (unpaired) electrons. The van der Waals surface area contributed by atoms with Crippen LogP contribution in [0.4, 0.5) is 0 Å². The van der Waals surface area contributed by atoms with Crippen LogP contribution in [0.2, 0.25) is 0 Å². The van der Waals surface area contributed by atoms with Gasteiger partial charge in [-0.05, 0) is 6.92 Å². The molecule has 0 saturated heterocycles. The van der Waals surface area contributed by atoms with Crippen LogP contribution in [0.5, 0.6) is 0 Å². The molecule has 0 atom stereocenters. The van der Waals surface area contributed by atoms with E-state index >= 15 is 0 Å². The molecule has 8 heavy (non-hydrogen) atoms. The topological polar surface area (TPSA) is 0 Å². The first-order valence-electron chi connectivity index (χ1n) is 3.07. The van der Waals surface area contributed by atoms with E-state index in [1.165, 1.54) is 6.42 Å².